The van der Waals surface area contributed by atoms with Gasteiger partial charge in [0.2, 0.25) is 5.91 Å². The number of rotatable bonds is 5. The summed E-state index contributed by atoms with van der Waals surface area (Å²) in [5.41, 5.74) is 9.77. The van der Waals surface area contributed by atoms with Gasteiger partial charge in [-0.3, -0.25) is 4.79 Å². The zero-order valence-electron chi connectivity index (χ0n) is 13.5. The Morgan fingerprint density at radius 1 is 1.05 bits per heavy atom. The van der Waals surface area contributed by atoms with Gasteiger partial charge in [0.15, 0.2) is 0 Å². The van der Waals surface area contributed by atoms with E-state index in [9.17, 15) is 4.79 Å². The molecule has 22 heavy (non-hydrogen) atoms. The molecule has 0 fully saturated rings. The van der Waals surface area contributed by atoms with Crippen molar-refractivity contribution in [3.63, 3.8) is 0 Å². The Labute approximate surface area is 132 Å². The molecule has 0 aliphatic heterocycles. The molecule has 3 N–H and O–H groups in total. The topological polar surface area (TPSA) is 55.1 Å². The lowest BCUT2D eigenvalue weighted by atomic mass is 9.99. The average molecular weight is 296 g/mol. The first-order valence-electron chi connectivity index (χ1n) is 7.69. The molecule has 2 aromatic carbocycles. The number of benzene rings is 2. The minimum absolute atomic E-state index is 0.00484. The average Bonchev–Trinajstić information content (AvgIpc) is 2.47. The van der Waals surface area contributed by atoms with Gasteiger partial charge in [-0.1, -0.05) is 50.2 Å². The molecule has 0 saturated carbocycles. The fourth-order valence-electron chi connectivity index (χ4n) is 2.43. The van der Waals surface area contributed by atoms with E-state index >= 15 is 0 Å². The van der Waals surface area contributed by atoms with Crippen LogP contribution >= 0.6 is 0 Å². The van der Waals surface area contributed by atoms with Gasteiger partial charge in [0.25, 0.3) is 0 Å². The smallest absolute Gasteiger partial charge is 0.224 e. The molecule has 3 heteroatoms. The zero-order valence-corrected chi connectivity index (χ0v) is 13.5. The van der Waals surface area contributed by atoms with E-state index < -0.39 is 0 Å². The summed E-state index contributed by atoms with van der Waals surface area (Å²) in [6, 6.07) is 15.9. The number of carbonyl (C=O) groups is 1. The largest absolute Gasteiger partial charge is 0.399 e. The Morgan fingerprint density at radius 3 is 2.27 bits per heavy atom. The van der Waals surface area contributed by atoms with Crippen molar-refractivity contribution in [1.82, 2.24) is 5.32 Å². The van der Waals surface area contributed by atoms with E-state index in [1.165, 1.54) is 5.56 Å². The summed E-state index contributed by atoms with van der Waals surface area (Å²) in [5, 5.41) is 3.03. The number of nitrogen functional groups attached to an aromatic ring is 1. The van der Waals surface area contributed by atoms with Crippen molar-refractivity contribution in [2.45, 2.75) is 39.2 Å². The van der Waals surface area contributed by atoms with Crippen LogP contribution in [0.1, 0.15) is 49.4 Å². The summed E-state index contributed by atoms with van der Waals surface area (Å²) in [6.07, 6.45) is 0.347. The van der Waals surface area contributed by atoms with Crippen LogP contribution in [0.2, 0.25) is 0 Å². The minimum atomic E-state index is -0.00484. The normalized spacial score (nSPS) is 12.2. The molecule has 2 aromatic rings. The van der Waals surface area contributed by atoms with E-state index in [4.69, 9.17) is 5.73 Å². The lowest BCUT2D eigenvalue weighted by Gasteiger charge is -2.15. The van der Waals surface area contributed by atoms with Crippen molar-refractivity contribution in [3.05, 3.63) is 65.2 Å². The van der Waals surface area contributed by atoms with Crippen LogP contribution in [0.25, 0.3) is 0 Å². The van der Waals surface area contributed by atoms with Gasteiger partial charge < -0.3 is 11.1 Å². The fourth-order valence-corrected chi connectivity index (χ4v) is 2.43. The van der Waals surface area contributed by atoms with E-state index in [1.54, 1.807) is 0 Å². The van der Waals surface area contributed by atoms with Crippen LogP contribution in [0.3, 0.4) is 0 Å². The highest BCUT2D eigenvalue weighted by Gasteiger charge is 2.10. The monoisotopic (exact) mass is 296 g/mol. The van der Waals surface area contributed by atoms with Crippen LogP contribution in [0.4, 0.5) is 5.69 Å². The first-order chi connectivity index (χ1) is 10.5. The van der Waals surface area contributed by atoms with Gasteiger partial charge in [0, 0.05) is 5.69 Å². The Kier molecular flexibility index (Phi) is 5.21. The summed E-state index contributed by atoms with van der Waals surface area (Å²) in [4.78, 5) is 12.1. The van der Waals surface area contributed by atoms with Crippen molar-refractivity contribution >= 4 is 11.6 Å². The van der Waals surface area contributed by atoms with E-state index in [-0.39, 0.29) is 11.9 Å². The van der Waals surface area contributed by atoms with Crippen molar-refractivity contribution in [2.75, 3.05) is 5.73 Å². The number of hydrogen-bond donors (Lipinski definition) is 2. The van der Waals surface area contributed by atoms with Gasteiger partial charge in [-0.2, -0.15) is 0 Å². The van der Waals surface area contributed by atoms with Crippen molar-refractivity contribution in [2.24, 2.45) is 0 Å². The predicted octanol–water partition coefficient (Wildman–Crippen LogP) is 3.81. The molecular formula is C19H24N2O. The fraction of sp³-hybridized carbons (Fsp3) is 0.316. The van der Waals surface area contributed by atoms with Crippen LogP contribution in [0.15, 0.2) is 48.5 Å². The molecule has 0 aromatic heterocycles. The molecule has 0 spiro atoms. The highest BCUT2D eigenvalue weighted by atomic mass is 16.1. The van der Waals surface area contributed by atoms with Gasteiger partial charge in [0.1, 0.15) is 0 Å². The molecule has 1 atom stereocenters. The summed E-state index contributed by atoms with van der Waals surface area (Å²) >= 11 is 0. The van der Waals surface area contributed by atoms with Gasteiger partial charge >= 0.3 is 0 Å². The lowest BCUT2D eigenvalue weighted by Crippen LogP contribution is -2.28. The van der Waals surface area contributed by atoms with E-state index in [1.807, 2.05) is 31.2 Å². The van der Waals surface area contributed by atoms with Crippen LogP contribution in [-0.4, -0.2) is 5.91 Å². The molecule has 0 heterocycles. The predicted molar refractivity (Wildman–Crippen MR) is 91.6 cm³/mol. The second-order valence-corrected chi connectivity index (χ2v) is 6.03. The SMILES string of the molecule is CC(C)c1ccc(C(C)NC(=O)Cc2cccc(N)c2)cc1. The van der Waals surface area contributed by atoms with Gasteiger partial charge in [-0.15, -0.1) is 0 Å². The summed E-state index contributed by atoms with van der Waals surface area (Å²) < 4.78 is 0. The quantitative estimate of drug-likeness (QED) is 0.824. The Hall–Kier alpha value is -2.29. The summed E-state index contributed by atoms with van der Waals surface area (Å²) in [5.74, 6) is 0.522. The van der Waals surface area contributed by atoms with Crippen molar-refractivity contribution in [3.8, 4) is 0 Å². The molecule has 3 nitrogen and oxygen atoms in total. The van der Waals surface area contributed by atoms with Crippen LogP contribution in [0.5, 0.6) is 0 Å². The third-order valence-electron chi connectivity index (χ3n) is 3.80. The molecule has 2 rings (SSSR count). The number of amides is 1. The number of hydrogen-bond acceptors (Lipinski definition) is 2. The molecule has 1 unspecified atom stereocenters. The molecule has 0 saturated heterocycles. The molecule has 116 valence electrons. The number of nitrogens with two attached hydrogens (primary N) is 1. The molecule has 0 aliphatic carbocycles. The Balaban J connectivity index is 1.96. The maximum atomic E-state index is 12.1. The Morgan fingerprint density at radius 2 is 1.68 bits per heavy atom. The number of carbonyl (C=O) groups excluding carboxylic acids is 1. The van der Waals surface area contributed by atoms with Crippen molar-refractivity contribution < 1.29 is 4.79 Å². The molecule has 0 aliphatic rings. The first-order valence-corrected chi connectivity index (χ1v) is 7.69. The molecule has 1 amide bonds. The first kappa shape index (κ1) is 16.1. The third-order valence-corrected chi connectivity index (χ3v) is 3.80. The van der Waals surface area contributed by atoms with E-state index in [0.29, 0.717) is 18.0 Å². The Bertz CT molecular complexity index is 632. The number of nitrogens with one attached hydrogen (secondary N) is 1. The van der Waals surface area contributed by atoms with Gasteiger partial charge in [-0.25, -0.2) is 0 Å². The van der Waals surface area contributed by atoms with Gasteiger partial charge in [-0.05, 0) is 41.7 Å². The maximum absolute atomic E-state index is 12.1. The van der Waals surface area contributed by atoms with Crippen molar-refractivity contribution in [1.29, 1.82) is 0 Å². The standard InChI is InChI=1S/C19H24N2O/c1-13(2)16-7-9-17(10-8-16)14(3)21-19(22)12-15-5-4-6-18(20)11-15/h4-11,13-14H,12,20H2,1-3H3,(H,21,22). The summed E-state index contributed by atoms with van der Waals surface area (Å²) in [7, 11) is 0. The number of anilines is 1. The molecule has 0 radical (unpaired) electrons. The highest BCUT2D eigenvalue weighted by Crippen LogP contribution is 2.18. The second kappa shape index (κ2) is 7.12. The van der Waals surface area contributed by atoms with Crippen LogP contribution in [-0.2, 0) is 11.2 Å². The van der Waals surface area contributed by atoms with Crippen LogP contribution < -0.4 is 11.1 Å². The van der Waals surface area contributed by atoms with E-state index in [2.05, 4.69) is 43.4 Å². The summed E-state index contributed by atoms with van der Waals surface area (Å²) in [6.45, 7) is 6.35. The minimum Gasteiger partial charge on any atom is -0.399 e. The van der Waals surface area contributed by atoms with E-state index in [0.717, 1.165) is 11.1 Å². The maximum Gasteiger partial charge on any atom is 0.224 e. The lowest BCUT2D eigenvalue weighted by molar-refractivity contribution is -0.121. The van der Waals surface area contributed by atoms with Gasteiger partial charge in [0.05, 0.1) is 12.5 Å². The molecular weight excluding hydrogens is 272 g/mol. The third kappa shape index (κ3) is 4.35. The van der Waals surface area contributed by atoms with Crippen LogP contribution in [0, 0.1) is 0 Å². The second-order valence-electron chi connectivity index (χ2n) is 6.03. The zero-order chi connectivity index (χ0) is 16.1. The highest BCUT2D eigenvalue weighted by molar-refractivity contribution is 5.79. The molecule has 0 bridgehead atoms.